The summed E-state index contributed by atoms with van der Waals surface area (Å²) in [5, 5.41) is 11.5. The Morgan fingerprint density at radius 3 is 2.64 bits per heavy atom. The van der Waals surface area contributed by atoms with Crippen LogP contribution in [0.1, 0.15) is 18.4 Å². The summed E-state index contributed by atoms with van der Waals surface area (Å²) in [7, 11) is -1.94. The van der Waals surface area contributed by atoms with Crippen LogP contribution in [0.2, 0.25) is 0 Å². The lowest BCUT2D eigenvalue weighted by Crippen LogP contribution is -2.40. The molecule has 0 spiro atoms. The van der Waals surface area contributed by atoms with Crippen molar-refractivity contribution < 1.29 is 13.2 Å². The van der Waals surface area contributed by atoms with Crippen LogP contribution in [0.25, 0.3) is 0 Å². The molecule has 1 aromatic rings. The van der Waals surface area contributed by atoms with E-state index in [0.29, 0.717) is 12.5 Å². The number of sulfonamides is 1. The van der Waals surface area contributed by atoms with Crippen molar-refractivity contribution in [3.8, 4) is 0 Å². The van der Waals surface area contributed by atoms with Gasteiger partial charge in [-0.3, -0.25) is 4.99 Å². The van der Waals surface area contributed by atoms with E-state index in [-0.39, 0.29) is 11.0 Å². The lowest BCUT2D eigenvalue weighted by Gasteiger charge is -2.15. The van der Waals surface area contributed by atoms with Crippen LogP contribution in [0, 0.1) is 0 Å². The van der Waals surface area contributed by atoms with Crippen molar-refractivity contribution in [3.63, 3.8) is 0 Å². The highest BCUT2D eigenvalue weighted by Crippen LogP contribution is 2.10. The molecule has 7 nitrogen and oxygen atoms in total. The number of benzene rings is 1. The predicted molar refractivity (Wildman–Crippen MR) is 85.0 cm³/mol. The van der Waals surface area contributed by atoms with Gasteiger partial charge in [-0.1, -0.05) is 12.1 Å². The van der Waals surface area contributed by atoms with Crippen LogP contribution in [0.4, 0.5) is 0 Å². The van der Waals surface area contributed by atoms with Crippen LogP contribution in [0.3, 0.4) is 0 Å². The Kier molecular flexibility index (Phi) is 5.76. The molecule has 0 bridgehead atoms. The predicted octanol–water partition coefficient (Wildman–Crippen LogP) is 0.178. The summed E-state index contributed by atoms with van der Waals surface area (Å²) in [6.45, 7) is 2.09. The molecule has 1 aliphatic heterocycles. The summed E-state index contributed by atoms with van der Waals surface area (Å²) in [6, 6.07) is 6.43. The maximum Gasteiger partial charge on any atom is 0.238 e. The molecule has 1 aliphatic rings. The van der Waals surface area contributed by atoms with E-state index in [9.17, 15) is 8.42 Å². The van der Waals surface area contributed by atoms with Crippen LogP contribution in [0.15, 0.2) is 34.2 Å². The van der Waals surface area contributed by atoms with E-state index in [0.717, 1.165) is 31.6 Å². The fourth-order valence-electron chi connectivity index (χ4n) is 2.22. The smallest absolute Gasteiger partial charge is 0.238 e. The summed E-state index contributed by atoms with van der Waals surface area (Å²) in [4.78, 5) is 4.25. The lowest BCUT2D eigenvalue weighted by molar-refractivity contribution is 0.114. The van der Waals surface area contributed by atoms with E-state index in [1.54, 1.807) is 19.2 Å². The van der Waals surface area contributed by atoms with Crippen molar-refractivity contribution in [2.24, 2.45) is 10.1 Å². The molecule has 0 amide bonds. The highest BCUT2D eigenvalue weighted by molar-refractivity contribution is 7.89. The maximum atomic E-state index is 11.2. The van der Waals surface area contributed by atoms with E-state index >= 15 is 0 Å². The number of nitrogens with zero attached hydrogens (tertiary/aromatic N) is 1. The Morgan fingerprint density at radius 1 is 1.36 bits per heavy atom. The number of ether oxygens (including phenoxy) is 1. The molecule has 122 valence electrons. The number of guanidine groups is 1. The summed E-state index contributed by atoms with van der Waals surface area (Å²) < 4.78 is 27.9. The number of hydrogen-bond acceptors (Lipinski definition) is 4. The van der Waals surface area contributed by atoms with Crippen molar-refractivity contribution >= 4 is 16.0 Å². The number of aliphatic imine (C=N–C) groups is 1. The molecule has 0 saturated carbocycles. The second-order valence-corrected chi connectivity index (χ2v) is 6.69. The molecule has 0 radical (unpaired) electrons. The van der Waals surface area contributed by atoms with Crippen molar-refractivity contribution in [1.29, 1.82) is 0 Å². The van der Waals surface area contributed by atoms with Gasteiger partial charge in [-0.05, 0) is 30.5 Å². The Hall–Kier alpha value is -1.64. The van der Waals surface area contributed by atoms with Gasteiger partial charge in [0.2, 0.25) is 10.0 Å². The van der Waals surface area contributed by atoms with Gasteiger partial charge >= 0.3 is 0 Å². The molecule has 1 aromatic carbocycles. The van der Waals surface area contributed by atoms with Crippen molar-refractivity contribution in [1.82, 2.24) is 10.6 Å². The molecule has 22 heavy (non-hydrogen) atoms. The van der Waals surface area contributed by atoms with Gasteiger partial charge < -0.3 is 15.4 Å². The van der Waals surface area contributed by atoms with E-state index in [4.69, 9.17) is 9.88 Å². The molecular formula is C14H22N4O3S. The van der Waals surface area contributed by atoms with Crippen molar-refractivity contribution in [3.05, 3.63) is 29.8 Å². The zero-order valence-electron chi connectivity index (χ0n) is 12.6. The van der Waals surface area contributed by atoms with E-state index in [2.05, 4.69) is 15.6 Å². The molecule has 4 N–H and O–H groups in total. The van der Waals surface area contributed by atoms with Gasteiger partial charge in [-0.2, -0.15) is 0 Å². The minimum absolute atomic E-state index is 0.108. The van der Waals surface area contributed by atoms with Gasteiger partial charge in [0, 0.05) is 26.7 Å². The van der Waals surface area contributed by atoms with Crippen molar-refractivity contribution in [2.45, 2.75) is 30.4 Å². The van der Waals surface area contributed by atoms with Gasteiger partial charge in [-0.15, -0.1) is 0 Å². The Morgan fingerprint density at radius 2 is 2.09 bits per heavy atom. The van der Waals surface area contributed by atoms with Gasteiger partial charge in [0.05, 0.1) is 11.0 Å². The topological polar surface area (TPSA) is 106 Å². The first-order valence-electron chi connectivity index (χ1n) is 7.17. The molecule has 0 aromatic heterocycles. The van der Waals surface area contributed by atoms with Crippen LogP contribution in [-0.4, -0.2) is 40.7 Å². The minimum Gasteiger partial charge on any atom is -0.376 e. The number of nitrogens with two attached hydrogens (primary N) is 1. The van der Waals surface area contributed by atoms with E-state index in [1.807, 2.05) is 0 Å². The third kappa shape index (κ3) is 4.97. The van der Waals surface area contributed by atoms with Gasteiger partial charge in [-0.25, -0.2) is 13.6 Å². The quantitative estimate of drug-likeness (QED) is 0.529. The Balaban J connectivity index is 1.82. The average molecular weight is 326 g/mol. The van der Waals surface area contributed by atoms with Crippen LogP contribution in [0.5, 0.6) is 0 Å². The lowest BCUT2D eigenvalue weighted by atomic mass is 10.2. The molecule has 1 heterocycles. The summed E-state index contributed by atoms with van der Waals surface area (Å²) in [6.07, 6.45) is 2.42. The normalized spacial score (nSPS) is 19.2. The number of primary sulfonamides is 1. The monoisotopic (exact) mass is 326 g/mol. The van der Waals surface area contributed by atoms with E-state index < -0.39 is 10.0 Å². The second kappa shape index (κ2) is 7.57. The summed E-state index contributed by atoms with van der Waals surface area (Å²) in [5.41, 5.74) is 0.937. The number of nitrogens with one attached hydrogen (secondary N) is 2. The average Bonchev–Trinajstić information content (AvgIpc) is 3.00. The van der Waals surface area contributed by atoms with Crippen LogP contribution >= 0.6 is 0 Å². The molecule has 1 saturated heterocycles. The zero-order valence-corrected chi connectivity index (χ0v) is 13.4. The second-order valence-electron chi connectivity index (χ2n) is 5.13. The first-order chi connectivity index (χ1) is 10.5. The van der Waals surface area contributed by atoms with Crippen LogP contribution in [-0.2, 0) is 21.3 Å². The van der Waals surface area contributed by atoms with Gasteiger partial charge in [0.1, 0.15) is 0 Å². The van der Waals surface area contributed by atoms with E-state index in [1.165, 1.54) is 12.1 Å². The fourth-order valence-corrected chi connectivity index (χ4v) is 2.73. The van der Waals surface area contributed by atoms with Crippen LogP contribution < -0.4 is 15.8 Å². The molecular weight excluding hydrogens is 304 g/mol. The SMILES string of the molecule is CN=C(NCc1ccc(S(N)(=O)=O)cc1)NCC1CCCO1. The Bertz CT molecular complexity index is 607. The summed E-state index contributed by atoms with van der Waals surface area (Å²) >= 11 is 0. The molecule has 2 rings (SSSR count). The molecule has 0 aliphatic carbocycles. The Labute approximate surface area is 131 Å². The highest BCUT2D eigenvalue weighted by Gasteiger charge is 2.15. The van der Waals surface area contributed by atoms with Crippen molar-refractivity contribution in [2.75, 3.05) is 20.2 Å². The highest BCUT2D eigenvalue weighted by atomic mass is 32.2. The molecule has 1 unspecified atom stereocenters. The molecule has 1 atom stereocenters. The standard InChI is InChI=1S/C14H22N4O3S/c1-16-14(18-10-12-3-2-8-21-12)17-9-11-4-6-13(7-5-11)22(15,19)20/h4-7,12H,2-3,8-10H2,1H3,(H2,15,19,20)(H2,16,17,18). The fraction of sp³-hybridized carbons (Fsp3) is 0.500. The molecule has 1 fully saturated rings. The summed E-state index contributed by atoms with van der Waals surface area (Å²) in [5.74, 6) is 0.686. The zero-order chi connectivity index (χ0) is 16.0. The third-order valence-electron chi connectivity index (χ3n) is 3.46. The first kappa shape index (κ1) is 16.7. The molecule has 8 heteroatoms. The number of rotatable bonds is 5. The minimum atomic E-state index is -3.64. The van der Waals surface area contributed by atoms with Gasteiger partial charge in [0.25, 0.3) is 0 Å². The maximum absolute atomic E-state index is 11.2. The first-order valence-corrected chi connectivity index (χ1v) is 8.71. The van der Waals surface area contributed by atoms with Gasteiger partial charge in [0.15, 0.2) is 5.96 Å². The number of hydrogen-bond donors (Lipinski definition) is 3. The third-order valence-corrected chi connectivity index (χ3v) is 4.39. The largest absolute Gasteiger partial charge is 0.376 e.